The lowest BCUT2D eigenvalue weighted by Gasteiger charge is -2.12. The number of thioether (sulfide) groups is 1. The second-order valence-corrected chi connectivity index (χ2v) is 7.05. The number of rotatable bonds is 4. The first-order valence-corrected chi connectivity index (χ1v) is 8.70. The van der Waals surface area contributed by atoms with Gasteiger partial charge in [0.1, 0.15) is 0 Å². The van der Waals surface area contributed by atoms with Crippen LogP contribution in [0.4, 0.5) is 0 Å². The largest absolute Gasteiger partial charge is 0.318 e. The van der Waals surface area contributed by atoms with Gasteiger partial charge in [-0.3, -0.25) is 9.59 Å². The average Bonchev–Trinajstić information content (AvgIpc) is 2.55. The van der Waals surface area contributed by atoms with Crippen LogP contribution in [-0.4, -0.2) is 11.0 Å². The highest BCUT2D eigenvalue weighted by molar-refractivity contribution is 8.14. The highest BCUT2D eigenvalue weighted by Crippen LogP contribution is 2.29. The van der Waals surface area contributed by atoms with Crippen molar-refractivity contribution in [2.45, 2.75) is 30.6 Å². The van der Waals surface area contributed by atoms with Crippen LogP contribution in [0.25, 0.3) is 0 Å². The highest BCUT2D eigenvalue weighted by atomic mass is 32.2. The molecule has 0 aromatic heterocycles. The lowest BCUT2D eigenvalue weighted by Crippen LogP contribution is -2.27. The quantitative estimate of drug-likeness (QED) is 0.476. The van der Waals surface area contributed by atoms with Crippen molar-refractivity contribution in [3.63, 3.8) is 0 Å². The van der Waals surface area contributed by atoms with E-state index in [0.717, 1.165) is 32.7 Å². The minimum atomic E-state index is -0.296. The fourth-order valence-corrected chi connectivity index (χ4v) is 3.29. The zero-order chi connectivity index (χ0) is 17.7. The minimum absolute atomic E-state index is 0.210. The van der Waals surface area contributed by atoms with Crippen molar-refractivity contribution < 1.29 is 9.59 Å². The molecule has 124 valence electrons. The van der Waals surface area contributed by atoms with Crippen LogP contribution in [0.15, 0.2) is 69.6 Å². The van der Waals surface area contributed by atoms with Crippen molar-refractivity contribution in [2.24, 2.45) is 0 Å². The number of hydrogen-bond acceptors (Lipinski definition) is 4. The molecule has 0 unspecified atom stereocenters. The second kappa shape index (κ2) is 8.22. The Hall–Kier alpha value is -1.98. The average molecular weight is 358 g/mol. The standard InChI is InChI=1S/C19H19NO2S2/c1-12(2)17(20-18(21)14-7-5-4-6-8-14)19(22)24-16-10-9-13(3)11-15(16)23/h4-11,23H,1-3H3,(H,20,21). The second-order valence-electron chi connectivity index (χ2n) is 5.56. The molecule has 0 heterocycles. The molecule has 2 rings (SSSR count). The van der Waals surface area contributed by atoms with Gasteiger partial charge < -0.3 is 5.32 Å². The maximum atomic E-state index is 12.6. The van der Waals surface area contributed by atoms with E-state index in [9.17, 15) is 9.59 Å². The Morgan fingerprint density at radius 3 is 2.29 bits per heavy atom. The van der Waals surface area contributed by atoms with Gasteiger partial charge in [0.25, 0.3) is 5.91 Å². The molecule has 5 heteroatoms. The summed E-state index contributed by atoms with van der Waals surface area (Å²) < 4.78 is 0. The number of benzene rings is 2. The van der Waals surface area contributed by atoms with Crippen LogP contribution in [-0.2, 0) is 4.79 Å². The van der Waals surface area contributed by atoms with Gasteiger partial charge in [0.05, 0.1) is 5.70 Å². The van der Waals surface area contributed by atoms with E-state index in [-0.39, 0.29) is 11.0 Å². The van der Waals surface area contributed by atoms with E-state index < -0.39 is 0 Å². The summed E-state index contributed by atoms with van der Waals surface area (Å²) in [5.74, 6) is -0.296. The summed E-state index contributed by atoms with van der Waals surface area (Å²) in [5.41, 5.74) is 2.66. The van der Waals surface area contributed by atoms with E-state index >= 15 is 0 Å². The molecule has 0 atom stereocenters. The summed E-state index contributed by atoms with van der Waals surface area (Å²) in [6.07, 6.45) is 0. The smallest absolute Gasteiger partial charge is 0.255 e. The molecule has 1 N–H and O–H groups in total. The van der Waals surface area contributed by atoms with Crippen LogP contribution in [0.2, 0.25) is 0 Å². The van der Waals surface area contributed by atoms with Crippen molar-refractivity contribution >= 4 is 35.4 Å². The summed E-state index contributed by atoms with van der Waals surface area (Å²) in [5, 5.41) is 2.52. The molecule has 0 aliphatic rings. The fraction of sp³-hybridized carbons (Fsp3) is 0.158. The van der Waals surface area contributed by atoms with Crippen molar-refractivity contribution in [1.29, 1.82) is 0 Å². The molecule has 0 aliphatic carbocycles. The lowest BCUT2D eigenvalue weighted by atomic mass is 10.2. The van der Waals surface area contributed by atoms with Crippen molar-refractivity contribution in [3.8, 4) is 0 Å². The Morgan fingerprint density at radius 2 is 1.71 bits per heavy atom. The maximum absolute atomic E-state index is 12.6. The van der Waals surface area contributed by atoms with Crippen molar-refractivity contribution in [2.75, 3.05) is 0 Å². The molecule has 2 aromatic rings. The first-order valence-electron chi connectivity index (χ1n) is 7.44. The number of carbonyl (C=O) groups excluding carboxylic acids is 2. The lowest BCUT2D eigenvalue weighted by molar-refractivity contribution is -0.108. The van der Waals surface area contributed by atoms with Crippen LogP contribution in [0, 0.1) is 6.92 Å². The molecule has 3 nitrogen and oxygen atoms in total. The number of thiol groups is 1. The van der Waals surface area contributed by atoms with Gasteiger partial charge in [-0.2, -0.15) is 0 Å². The monoisotopic (exact) mass is 357 g/mol. The molecule has 0 aliphatic heterocycles. The molecular weight excluding hydrogens is 338 g/mol. The van der Waals surface area contributed by atoms with Gasteiger partial charge in [0.2, 0.25) is 5.12 Å². The fourth-order valence-electron chi connectivity index (χ4n) is 2.02. The molecule has 0 spiro atoms. The Morgan fingerprint density at radius 1 is 1.04 bits per heavy atom. The first kappa shape index (κ1) is 18.4. The van der Waals surface area contributed by atoms with Gasteiger partial charge in [0, 0.05) is 15.4 Å². The number of aryl methyl sites for hydroxylation is 1. The number of allylic oxidation sites excluding steroid dienone is 1. The summed E-state index contributed by atoms with van der Waals surface area (Å²) in [6, 6.07) is 14.5. The van der Waals surface area contributed by atoms with E-state index in [1.165, 1.54) is 0 Å². The highest BCUT2D eigenvalue weighted by Gasteiger charge is 2.18. The number of nitrogens with one attached hydrogen (secondary N) is 1. The van der Waals surface area contributed by atoms with Gasteiger partial charge in [0.15, 0.2) is 0 Å². The van der Waals surface area contributed by atoms with Gasteiger partial charge >= 0.3 is 0 Å². The molecule has 0 radical (unpaired) electrons. The van der Waals surface area contributed by atoms with Gasteiger partial charge in [-0.25, -0.2) is 0 Å². The number of amides is 1. The van der Waals surface area contributed by atoms with E-state index in [2.05, 4.69) is 17.9 Å². The zero-order valence-electron chi connectivity index (χ0n) is 13.8. The number of hydrogen-bond donors (Lipinski definition) is 2. The predicted octanol–water partition coefficient (Wildman–Crippen LogP) is 4.63. The van der Waals surface area contributed by atoms with Gasteiger partial charge in [-0.15, -0.1) is 12.6 Å². The van der Waals surface area contributed by atoms with Crippen LogP contribution in [0.5, 0.6) is 0 Å². The molecule has 0 saturated carbocycles. The molecule has 0 bridgehead atoms. The first-order chi connectivity index (χ1) is 11.4. The predicted molar refractivity (Wildman–Crippen MR) is 102 cm³/mol. The summed E-state index contributed by atoms with van der Waals surface area (Å²) in [4.78, 5) is 26.4. The number of carbonyl (C=O) groups is 2. The maximum Gasteiger partial charge on any atom is 0.255 e. The van der Waals surface area contributed by atoms with Crippen LogP contribution < -0.4 is 5.32 Å². The van der Waals surface area contributed by atoms with Crippen LogP contribution in [0.1, 0.15) is 29.8 Å². The van der Waals surface area contributed by atoms with E-state index in [1.54, 1.807) is 38.1 Å². The van der Waals surface area contributed by atoms with Crippen molar-refractivity contribution in [3.05, 3.63) is 70.9 Å². The summed E-state index contributed by atoms with van der Waals surface area (Å²) in [7, 11) is 0. The third-order valence-corrected chi connectivity index (χ3v) is 4.78. The van der Waals surface area contributed by atoms with Gasteiger partial charge in [-0.05, 0) is 67.9 Å². The topological polar surface area (TPSA) is 46.2 Å². The van der Waals surface area contributed by atoms with E-state index in [1.807, 2.05) is 31.2 Å². The Balaban J connectivity index is 2.17. The van der Waals surface area contributed by atoms with Crippen LogP contribution >= 0.6 is 24.4 Å². The van der Waals surface area contributed by atoms with Crippen molar-refractivity contribution in [1.82, 2.24) is 5.32 Å². The zero-order valence-corrected chi connectivity index (χ0v) is 15.5. The Labute approximate surface area is 152 Å². The normalized spacial score (nSPS) is 10.2. The third-order valence-electron chi connectivity index (χ3n) is 3.30. The molecule has 0 fully saturated rings. The minimum Gasteiger partial charge on any atom is -0.318 e. The van der Waals surface area contributed by atoms with Crippen LogP contribution in [0.3, 0.4) is 0 Å². The van der Waals surface area contributed by atoms with E-state index in [0.29, 0.717) is 11.3 Å². The Kier molecular flexibility index (Phi) is 6.29. The van der Waals surface area contributed by atoms with Gasteiger partial charge in [-0.1, -0.05) is 24.3 Å². The summed E-state index contributed by atoms with van der Waals surface area (Å²) >= 11 is 5.48. The summed E-state index contributed by atoms with van der Waals surface area (Å²) in [6.45, 7) is 5.57. The molecule has 2 aromatic carbocycles. The SMILES string of the molecule is CC(C)=C(NC(=O)c1ccccc1)C(=O)Sc1ccc(C)cc1S. The molecule has 24 heavy (non-hydrogen) atoms. The van der Waals surface area contributed by atoms with E-state index in [4.69, 9.17) is 0 Å². The molecule has 1 amide bonds. The molecular formula is C19H19NO2S2. The third kappa shape index (κ3) is 4.76. The molecule has 0 saturated heterocycles. The Bertz CT molecular complexity index is 794.